The van der Waals surface area contributed by atoms with Crippen LogP contribution in [0.15, 0.2) is 12.7 Å². The van der Waals surface area contributed by atoms with Gasteiger partial charge in [-0.3, -0.25) is 14.5 Å². The van der Waals surface area contributed by atoms with E-state index in [2.05, 4.69) is 11.9 Å². The molecule has 1 saturated heterocycles. The van der Waals surface area contributed by atoms with E-state index in [0.717, 1.165) is 6.42 Å². The van der Waals surface area contributed by atoms with Crippen molar-refractivity contribution in [3.8, 4) is 0 Å². The summed E-state index contributed by atoms with van der Waals surface area (Å²) in [6.07, 6.45) is 2.88. The molecular weight excluding hydrogens is 220 g/mol. The van der Waals surface area contributed by atoms with Crippen molar-refractivity contribution < 1.29 is 14.3 Å². The van der Waals surface area contributed by atoms with E-state index in [9.17, 15) is 9.59 Å². The molecule has 0 spiro atoms. The zero-order valence-electron chi connectivity index (χ0n) is 10.3. The van der Waals surface area contributed by atoms with Crippen LogP contribution in [-0.4, -0.2) is 49.1 Å². The number of amides is 2. The molecule has 17 heavy (non-hydrogen) atoms. The Morgan fingerprint density at radius 3 is 2.88 bits per heavy atom. The minimum Gasteiger partial charge on any atom is -0.380 e. The van der Waals surface area contributed by atoms with Crippen LogP contribution in [0, 0.1) is 0 Å². The molecule has 5 heteroatoms. The molecule has 0 saturated carbocycles. The Balaban J connectivity index is 2.18. The van der Waals surface area contributed by atoms with E-state index in [1.807, 2.05) is 0 Å². The number of imide groups is 1. The van der Waals surface area contributed by atoms with Crippen molar-refractivity contribution in [3.05, 3.63) is 12.7 Å². The molecule has 0 aromatic rings. The molecule has 1 atom stereocenters. The van der Waals surface area contributed by atoms with Crippen LogP contribution in [0.3, 0.4) is 0 Å². The summed E-state index contributed by atoms with van der Waals surface area (Å²) in [5.74, 6) is -0.217. The average molecular weight is 240 g/mol. The standard InChI is InChI=1S/C12H20N2O3/c1-3-5-7-17-8-6-13-10-9-11(15)14(4-2)12(10)16/h3,10,13H,1,4-9H2,2H3. The normalized spacial score (nSPS) is 20.1. The van der Waals surface area contributed by atoms with Gasteiger partial charge in [0.05, 0.1) is 25.7 Å². The van der Waals surface area contributed by atoms with Gasteiger partial charge in [0.2, 0.25) is 11.8 Å². The molecule has 5 nitrogen and oxygen atoms in total. The number of nitrogens with zero attached hydrogens (tertiary/aromatic N) is 1. The van der Waals surface area contributed by atoms with E-state index in [4.69, 9.17) is 4.74 Å². The average Bonchev–Trinajstić information content (AvgIpc) is 2.58. The number of hydrogen-bond donors (Lipinski definition) is 1. The maximum absolute atomic E-state index is 11.7. The Bertz CT molecular complexity index is 291. The Morgan fingerprint density at radius 1 is 1.53 bits per heavy atom. The number of carbonyl (C=O) groups excluding carboxylic acids is 2. The van der Waals surface area contributed by atoms with Gasteiger partial charge in [-0.1, -0.05) is 6.08 Å². The molecule has 2 amide bonds. The summed E-state index contributed by atoms with van der Waals surface area (Å²) in [7, 11) is 0. The molecule has 0 aliphatic carbocycles. The monoisotopic (exact) mass is 240 g/mol. The quantitative estimate of drug-likeness (QED) is 0.377. The molecule has 0 radical (unpaired) electrons. The van der Waals surface area contributed by atoms with Gasteiger partial charge in [0.15, 0.2) is 0 Å². The number of rotatable bonds is 8. The van der Waals surface area contributed by atoms with Crippen molar-refractivity contribution >= 4 is 11.8 Å². The molecule has 1 aliphatic heterocycles. The topological polar surface area (TPSA) is 58.6 Å². The highest BCUT2D eigenvalue weighted by Crippen LogP contribution is 2.11. The SMILES string of the molecule is C=CCCOCCNC1CC(=O)N(CC)C1=O. The van der Waals surface area contributed by atoms with Crippen LogP contribution in [0.4, 0.5) is 0 Å². The summed E-state index contributed by atoms with van der Waals surface area (Å²) in [4.78, 5) is 24.4. The lowest BCUT2D eigenvalue weighted by molar-refractivity contribution is -0.138. The van der Waals surface area contributed by atoms with Gasteiger partial charge in [-0.25, -0.2) is 0 Å². The molecule has 1 fully saturated rings. The molecule has 1 N–H and O–H groups in total. The highest BCUT2D eigenvalue weighted by molar-refractivity contribution is 6.05. The second-order valence-corrected chi connectivity index (χ2v) is 3.88. The molecular formula is C12H20N2O3. The lowest BCUT2D eigenvalue weighted by Gasteiger charge is -2.13. The predicted octanol–water partition coefficient (Wildman–Crippen LogP) is 0.316. The van der Waals surface area contributed by atoms with Gasteiger partial charge in [0.1, 0.15) is 0 Å². The van der Waals surface area contributed by atoms with E-state index in [1.54, 1.807) is 13.0 Å². The first kappa shape index (κ1) is 13.9. The second kappa shape index (κ2) is 7.19. The maximum atomic E-state index is 11.7. The lowest BCUT2D eigenvalue weighted by Crippen LogP contribution is -2.39. The van der Waals surface area contributed by atoms with E-state index in [0.29, 0.717) is 26.3 Å². The summed E-state index contributed by atoms with van der Waals surface area (Å²) < 4.78 is 5.31. The number of nitrogens with one attached hydrogen (secondary N) is 1. The van der Waals surface area contributed by atoms with E-state index in [1.165, 1.54) is 4.90 Å². The number of hydrogen-bond acceptors (Lipinski definition) is 4. The number of likely N-dealkylation sites (N-methyl/N-ethyl adjacent to an activating group) is 1. The zero-order valence-corrected chi connectivity index (χ0v) is 10.3. The summed E-state index contributed by atoms with van der Waals surface area (Å²) >= 11 is 0. The molecule has 96 valence electrons. The molecule has 1 rings (SSSR count). The second-order valence-electron chi connectivity index (χ2n) is 3.88. The fraction of sp³-hybridized carbons (Fsp3) is 0.667. The van der Waals surface area contributed by atoms with Gasteiger partial charge in [0.25, 0.3) is 0 Å². The zero-order chi connectivity index (χ0) is 12.7. The predicted molar refractivity (Wildman–Crippen MR) is 64.4 cm³/mol. The van der Waals surface area contributed by atoms with Gasteiger partial charge in [-0.15, -0.1) is 6.58 Å². The van der Waals surface area contributed by atoms with Gasteiger partial charge >= 0.3 is 0 Å². The lowest BCUT2D eigenvalue weighted by atomic mass is 10.2. The van der Waals surface area contributed by atoms with Gasteiger partial charge in [-0.05, 0) is 13.3 Å². The smallest absolute Gasteiger partial charge is 0.246 e. The molecule has 0 aromatic carbocycles. The minimum atomic E-state index is -0.370. The van der Waals surface area contributed by atoms with Crippen molar-refractivity contribution in [2.45, 2.75) is 25.8 Å². The van der Waals surface area contributed by atoms with Gasteiger partial charge in [0, 0.05) is 13.1 Å². The number of ether oxygens (including phenoxy) is 1. The fourth-order valence-electron chi connectivity index (χ4n) is 1.75. The fourth-order valence-corrected chi connectivity index (χ4v) is 1.75. The number of likely N-dealkylation sites (tertiary alicyclic amines) is 1. The third kappa shape index (κ3) is 3.94. The highest BCUT2D eigenvalue weighted by Gasteiger charge is 2.36. The van der Waals surface area contributed by atoms with Crippen LogP contribution in [0.5, 0.6) is 0 Å². The summed E-state index contributed by atoms with van der Waals surface area (Å²) in [6.45, 7) is 7.61. The van der Waals surface area contributed by atoms with Crippen LogP contribution < -0.4 is 5.32 Å². The third-order valence-corrected chi connectivity index (χ3v) is 2.66. The minimum absolute atomic E-state index is 0.0948. The molecule has 1 unspecified atom stereocenters. The molecule has 0 bridgehead atoms. The van der Waals surface area contributed by atoms with E-state index < -0.39 is 0 Å². The first-order valence-electron chi connectivity index (χ1n) is 5.97. The van der Waals surface area contributed by atoms with Crippen molar-refractivity contribution in [1.29, 1.82) is 0 Å². The Kier molecular flexibility index (Phi) is 5.86. The van der Waals surface area contributed by atoms with Crippen molar-refractivity contribution in [3.63, 3.8) is 0 Å². The molecule has 1 heterocycles. The van der Waals surface area contributed by atoms with Crippen LogP contribution in [0.25, 0.3) is 0 Å². The summed E-state index contributed by atoms with van der Waals surface area (Å²) in [6, 6.07) is -0.370. The van der Waals surface area contributed by atoms with Crippen LogP contribution in [-0.2, 0) is 14.3 Å². The Morgan fingerprint density at radius 2 is 2.29 bits per heavy atom. The maximum Gasteiger partial charge on any atom is 0.246 e. The van der Waals surface area contributed by atoms with Gasteiger partial charge < -0.3 is 10.1 Å². The Hall–Kier alpha value is -1.20. The summed E-state index contributed by atoms with van der Waals surface area (Å²) in [5, 5.41) is 3.04. The van der Waals surface area contributed by atoms with E-state index >= 15 is 0 Å². The first-order chi connectivity index (χ1) is 8.20. The van der Waals surface area contributed by atoms with Gasteiger partial charge in [-0.2, -0.15) is 0 Å². The molecule has 0 aromatic heterocycles. The van der Waals surface area contributed by atoms with Crippen molar-refractivity contribution in [2.24, 2.45) is 0 Å². The molecule has 1 aliphatic rings. The largest absolute Gasteiger partial charge is 0.380 e. The van der Waals surface area contributed by atoms with E-state index in [-0.39, 0.29) is 24.3 Å². The van der Waals surface area contributed by atoms with Crippen molar-refractivity contribution in [2.75, 3.05) is 26.3 Å². The van der Waals surface area contributed by atoms with Crippen LogP contribution in [0.2, 0.25) is 0 Å². The summed E-state index contributed by atoms with van der Waals surface area (Å²) in [5.41, 5.74) is 0. The first-order valence-corrected chi connectivity index (χ1v) is 5.97. The number of carbonyl (C=O) groups is 2. The highest BCUT2D eigenvalue weighted by atomic mass is 16.5. The van der Waals surface area contributed by atoms with Crippen molar-refractivity contribution in [1.82, 2.24) is 10.2 Å². The van der Waals surface area contributed by atoms with Crippen LogP contribution >= 0.6 is 0 Å². The Labute approximate surface area is 102 Å². The van der Waals surface area contributed by atoms with Crippen LogP contribution in [0.1, 0.15) is 19.8 Å². The third-order valence-electron chi connectivity index (χ3n) is 2.66.